The predicted molar refractivity (Wildman–Crippen MR) is 58.0 cm³/mol. The highest BCUT2D eigenvalue weighted by atomic mass is 35.5. The van der Waals surface area contributed by atoms with Crippen molar-refractivity contribution in [3.63, 3.8) is 0 Å². The van der Waals surface area contributed by atoms with E-state index in [0.717, 1.165) is 16.6 Å². The zero-order valence-corrected chi connectivity index (χ0v) is 9.25. The third-order valence-corrected chi connectivity index (χ3v) is 2.54. The van der Waals surface area contributed by atoms with Gasteiger partial charge in [-0.05, 0) is 19.4 Å². The quantitative estimate of drug-likeness (QED) is 0.782. The Labute approximate surface area is 91.9 Å². The number of carbonyl (C=O) groups is 1. The van der Waals surface area contributed by atoms with Crippen LogP contribution in [0.4, 0.5) is 0 Å². The lowest BCUT2D eigenvalue weighted by Gasteiger charge is -1.96. The number of carbonyl (C=O) groups excluding carboxylic acids is 1. The maximum Gasteiger partial charge on any atom is 0.151 e. The van der Waals surface area contributed by atoms with E-state index >= 15 is 0 Å². The fourth-order valence-electron chi connectivity index (χ4n) is 1.42. The Morgan fingerprint density at radius 3 is 3.00 bits per heavy atom. The molecule has 0 aliphatic carbocycles. The molecule has 2 rings (SSSR count). The molecule has 2 aromatic rings. The number of hydrogen-bond acceptors (Lipinski definition) is 3. The molecular formula is C10H10ClN3O. The highest BCUT2D eigenvalue weighted by Crippen LogP contribution is 2.21. The van der Waals surface area contributed by atoms with Crippen molar-refractivity contribution in [3.8, 4) is 0 Å². The van der Waals surface area contributed by atoms with E-state index in [-0.39, 0.29) is 12.3 Å². The summed E-state index contributed by atoms with van der Waals surface area (Å²) in [6.07, 6.45) is 3.35. The molecule has 2 heterocycles. The third-order valence-electron chi connectivity index (χ3n) is 2.16. The number of rotatable bonds is 2. The van der Waals surface area contributed by atoms with Crippen molar-refractivity contribution >= 4 is 28.4 Å². The van der Waals surface area contributed by atoms with E-state index in [4.69, 9.17) is 11.6 Å². The average Bonchev–Trinajstić information content (AvgIpc) is 2.54. The van der Waals surface area contributed by atoms with Crippen molar-refractivity contribution in [2.75, 3.05) is 0 Å². The molecule has 5 heteroatoms. The van der Waals surface area contributed by atoms with Gasteiger partial charge in [-0.15, -0.1) is 0 Å². The highest BCUT2D eigenvalue weighted by Gasteiger charge is 2.08. The second kappa shape index (κ2) is 3.62. The zero-order valence-electron chi connectivity index (χ0n) is 8.49. The van der Waals surface area contributed by atoms with E-state index in [1.54, 1.807) is 17.1 Å². The molecule has 0 aliphatic heterocycles. The summed E-state index contributed by atoms with van der Waals surface area (Å²) in [7, 11) is 0. The monoisotopic (exact) mass is 223 g/mol. The Morgan fingerprint density at radius 2 is 2.33 bits per heavy atom. The highest BCUT2D eigenvalue weighted by molar-refractivity contribution is 6.31. The molecule has 0 bridgehead atoms. The minimum Gasteiger partial charge on any atom is -0.298 e. The summed E-state index contributed by atoms with van der Waals surface area (Å²) in [4.78, 5) is 15.1. The molecule has 0 saturated carbocycles. The molecule has 15 heavy (non-hydrogen) atoms. The number of aryl methyl sites for hydroxylation is 1. The van der Waals surface area contributed by atoms with Gasteiger partial charge in [-0.25, -0.2) is 0 Å². The van der Waals surface area contributed by atoms with Gasteiger partial charge in [-0.1, -0.05) is 11.6 Å². The standard InChI is InChI=1S/C10H10ClN3O/c1-6(15)4-14-5-9-10(13-14)7(2)8(11)3-12-9/h3,5H,4H2,1-2H3. The van der Waals surface area contributed by atoms with Crippen LogP contribution in [0.3, 0.4) is 0 Å². The summed E-state index contributed by atoms with van der Waals surface area (Å²) in [5, 5.41) is 4.86. The molecule has 0 N–H and O–H groups in total. The summed E-state index contributed by atoms with van der Waals surface area (Å²) in [5.41, 5.74) is 2.41. The van der Waals surface area contributed by atoms with Gasteiger partial charge >= 0.3 is 0 Å². The van der Waals surface area contributed by atoms with Crippen LogP contribution in [-0.2, 0) is 11.3 Å². The van der Waals surface area contributed by atoms with Crippen LogP contribution >= 0.6 is 11.6 Å². The van der Waals surface area contributed by atoms with Gasteiger partial charge in [0.05, 0.1) is 17.8 Å². The van der Waals surface area contributed by atoms with Gasteiger partial charge in [0.2, 0.25) is 0 Å². The van der Waals surface area contributed by atoms with Crippen LogP contribution in [0.1, 0.15) is 12.5 Å². The number of aromatic nitrogens is 3. The van der Waals surface area contributed by atoms with Gasteiger partial charge in [-0.2, -0.15) is 5.10 Å². The lowest BCUT2D eigenvalue weighted by atomic mass is 10.2. The van der Waals surface area contributed by atoms with Gasteiger partial charge in [0.25, 0.3) is 0 Å². The van der Waals surface area contributed by atoms with Gasteiger partial charge in [0, 0.05) is 6.20 Å². The molecular weight excluding hydrogens is 214 g/mol. The van der Waals surface area contributed by atoms with E-state index < -0.39 is 0 Å². The molecule has 2 aromatic heterocycles. The largest absolute Gasteiger partial charge is 0.298 e. The van der Waals surface area contributed by atoms with E-state index in [2.05, 4.69) is 10.1 Å². The Hall–Kier alpha value is -1.42. The van der Waals surface area contributed by atoms with Crippen LogP contribution in [0.5, 0.6) is 0 Å². The maximum absolute atomic E-state index is 10.9. The molecule has 0 aromatic carbocycles. The van der Waals surface area contributed by atoms with Crippen LogP contribution in [0, 0.1) is 6.92 Å². The normalized spacial score (nSPS) is 10.9. The molecule has 0 unspecified atom stereocenters. The van der Waals surface area contributed by atoms with Crippen molar-refractivity contribution in [1.82, 2.24) is 14.8 Å². The lowest BCUT2D eigenvalue weighted by molar-refractivity contribution is -0.117. The molecule has 0 spiro atoms. The number of nitrogens with zero attached hydrogens (tertiary/aromatic N) is 3. The Kier molecular flexibility index (Phi) is 2.44. The fourth-order valence-corrected chi connectivity index (χ4v) is 1.56. The van der Waals surface area contributed by atoms with Crippen molar-refractivity contribution in [1.29, 1.82) is 0 Å². The van der Waals surface area contributed by atoms with Crippen molar-refractivity contribution in [2.24, 2.45) is 0 Å². The van der Waals surface area contributed by atoms with Crippen LogP contribution in [0.2, 0.25) is 5.02 Å². The minimum absolute atomic E-state index is 0.0616. The summed E-state index contributed by atoms with van der Waals surface area (Å²) < 4.78 is 1.59. The molecule has 0 atom stereocenters. The predicted octanol–water partition coefficient (Wildman–Crippen LogP) is 1.98. The molecule has 0 aliphatic rings. The number of Topliss-reactive ketones (excluding diaryl/α,β-unsaturated/α-hetero) is 1. The lowest BCUT2D eigenvalue weighted by Crippen LogP contribution is -2.06. The van der Waals surface area contributed by atoms with Gasteiger partial charge < -0.3 is 0 Å². The van der Waals surface area contributed by atoms with E-state index in [1.807, 2.05) is 6.92 Å². The second-order valence-electron chi connectivity index (χ2n) is 3.49. The van der Waals surface area contributed by atoms with Crippen molar-refractivity contribution in [2.45, 2.75) is 20.4 Å². The Morgan fingerprint density at radius 1 is 1.60 bits per heavy atom. The number of pyridine rings is 1. The first kappa shape index (κ1) is 10.1. The topological polar surface area (TPSA) is 47.8 Å². The van der Waals surface area contributed by atoms with Crippen molar-refractivity contribution < 1.29 is 4.79 Å². The third kappa shape index (κ3) is 1.85. The van der Waals surface area contributed by atoms with Crippen LogP contribution in [0.15, 0.2) is 12.4 Å². The van der Waals surface area contributed by atoms with Crippen LogP contribution < -0.4 is 0 Å². The fraction of sp³-hybridized carbons (Fsp3) is 0.300. The average molecular weight is 224 g/mol. The summed E-state index contributed by atoms with van der Waals surface area (Å²) in [5.74, 6) is 0.0616. The summed E-state index contributed by atoms with van der Waals surface area (Å²) in [6.45, 7) is 3.69. The number of ketones is 1. The van der Waals surface area contributed by atoms with Gasteiger partial charge in [0.15, 0.2) is 5.78 Å². The van der Waals surface area contributed by atoms with Crippen LogP contribution in [0.25, 0.3) is 11.0 Å². The molecule has 4 nitrogen and oxygen atoms in total. The van der Waals surface area contributed by atoms with E-state index in [0.29, 0.717) is 5.02 Å². The SMILES string of the molecule is CC(=O)Cn1cc2ncc(Cl)c(C)c2n1. The van der Waals surface area contributed by atoms with Crippen LogP contribution in [-0.4, -0.2) is 20.5 Å². The smallest absolute Gasteiger partial charge is 0.151 e. The summed E-state index contributed by atoms with van der Waals surface area (Å²) in [6, 6.07) is 0. The minimum atomic E-state index is 0.0616. The first-order valence-electron chi connectivity index (χ1n) is 4.55. The van der Waals surface area contributed by atoms with Gasteiger partial charge in [-0.3, -0.25) is 14.5 Å². The summed E-state index contributed by atoms with van der Waals surface area (Å²) >= 11 is 5.92. The van der Waals surface area contributed by atoms with Crippen molar-refractivity contribution in [3.05, 3.63) is 23.0 Å². The van der Waals surface area contributed by atoms with E-state index in [9.17, 15) is 4.79 Å². The zero-order chi connectivity index (χ0) is 11.0. The first-order chi connectivity index (χ1) is 7.08. The molecule has 0 amide bonds. The Balaban J connectivity index is 2.56. The maximum atomic E-state index is 10.9. The first-order valence-corrected chi connectivity index (χ1v) is 4.93. The number of fused-ring (bicyclic) bond motifs is 1. The number of halogens is 1. The molecule has 78 valence electrons. The molecule has 0 radical (unpaired) electrons. The molecule has 0 saturated heterocycles. The van der Waals surface area contributed by atoms with Gasteiger partial charge in [0.1, 0.15) is 11.0 Å². The Bertz CT molecular complexity index is 533. The molecule has 0 fully saturated rings. The van der Waals surface area contributed by atoms with E-state index in [1.165, 1.54) is 6.92 Å². The number of hydrogen-bond donors (Lipinski definition) is 0. The second-order valence-corrected chi connectivity index (χ2v) is 3.90.